The predicted octanol–water partition coefficient (Wildman–Crippen LogP) is 5.30. The van der Waals surface area contributed by atoms with E-state index in [-0.39, 0.29) is 5.82 Å². The second-order valence-electron chi connectivity index (χ2n) is 4.91. The van der Waals surface area contributed by atoms with Gasteiger partial charge in [0.05, 0.1) is 20.4 Å². The van der Waals surface area contributed by atoms with Crippen LogP contribution in [0.1, 0.15) is 25.1 Å². The molecule has 0 aliphatic carbocycles. The average molecular weight is 331 g/mol. The lowest BCUT2D eigenvalue weighted by Gasteiger charge is -2.11. The summed E-state index contributed by atoms with van der Waals surface area (Å²) in [4.78, 5) is 4.53. The standard InChI is InChI=1S/C14H14BrClFN/c1-7(2)4-9-6-11(16)12-13(17)10(15)5-8(3)14(12)18-9/h5-7H,4H2,1-3H3. The zero-order valence-corrected chi connectivity index (χ0v) is 12.9. The summed E-state index contributed by atoms with van der Waals surface area (Å²) >= 11 is 9.39. The largest absolute Gasteiger partial charge is 0.252 e. The van der Waals surface area contributed by atoms with Crippen molar-refractivity contribution in [1.29, 1.82) is 0 Å². The zero-order chi connectivity index (χ0) is 13.4. The van der Waals surface area contributed by atoms with E-state index in [9.17, 15) is 4.39 Å². The first-order chi connectivity index (χ1) is 8.40. The highest BCUT2D eigenvalue weighted by molar-refractivity contribution is 9.10. The van der Waals surface area contributed by atoms with E-state index in [0.29, 0.717) is 26.3 Å². The smallest absolute Gasteiger partial charge is 0.148 e. The summed E-state index contributed by atoms with van der Waals surface area (Å²) in [7, 11) is 0. The lowest BCUT2D eigenvalue weighted by atomic mass is 10.0. The number of pyridine rings is 1. The second kappa shape index (κ2) is 5.14. The Morgan fingerprint density at radius 1 is 1.39 bits per heavy atom. The Morgan fingerprint density at radius 2 is 2.06 bits per heavy atom. The Kier molecular flexibility index (Phi) is 3.93. The molecule has 2 rings (SSSR count). The van der Waals surface area contributed by atoms with Crippen LogP contribution < -0.4 is 0 Å². The molecule has 1 heterocycles. The molecule has 0 atom stereocenters. The van der Waals surface area contributed by atoms with Crippen molar-refractivity contribution in [2.24, 2.45) is 5.92 Å². The van der Waals surface area contributed by atoms with Gasteiger partial charge in [-0.15, -0.1) is 0 Å². The van der Waals surface area contributed by atoms with E-state index in [4.69, 9.17) is 11.6 Å². The average Bonchev–Trinajstić information content (AvgIpc) is 2.24. The van der Waals surface area contributed by atoms with Gasteiger partial charge in [-0.3, -0.25) is 4.98 Å². The Labute approximate surface area is 119 Å². The van der Waals surface area contributed by atoms with E-state index >= 15 is 0 Å². The van der Waals surface area contributed by atoms with Gasteiger partial charge in [-0.1, -0.05) is 25.4 Å². The first-order valence-corrected chi connectivity index (χ1v) is 7.01. The van der Waals surface area contributed by atoms with Crippen LogP contribution in [0.5, 0.6) is 0 Å². The molecule has 1 aromatic carbocycles. The quantitative estimate of drug-likeness (QED) is 0.728. The third-order valence-corrected chi connectivity index (χ3v) is 3.66. The molecule has 0 aliphatic heterocycles. The molecule has 96 valence electrons. The van der Waals surface area contributed by atoms with Gasteiger partial charge in [0.25, 0.3) is 0 Å². The van der Waals surface area contributed by atoms with Crippen LogP contribution in [0.3, 0.4) is 0 Å². The monoisotopic (exact) mass is 329 g/mol. The third kappa shape index (κ3) is 2.52. The van der Waals surface area contributed by atoms with Crippen molar-refractivity contribution in [2.45, 2.75) is 27.2 Å². The second-order valence-corrected chi connectivity index (χ2v) is 6.17. The fraction of sp³-hybridized carbons (Fsp3) is 0.357. The number of rotatable bonds is 2. The molecule has 0 saturated carbocycles. The lowest BCUT2D eigenvalue weighted by Crippen LogP contribution is -2.00. The number of hydrogen-bond donors (Lipinski definition) is 0. The van der Waals surface area contributed by atoms with Gasteiger partial charge in [0, 0.05) is 5.69 Å². The van der Waals surface area contributed by atoms with Crippen LogP contribution in [-0.4, -0.2) is 4.98 Å². The summed E-state index contributed by atoms with van der Waals surface area (Å²) in [5, 5.41) is 0.827. The molecule has 0 N–H and O–H groups in total. The SMILES string of the molecule is Cc1cc(Br)c(F)c2c(Cl)cc(CC(C)C)nc12. The first kappa shape index (κ1) is 13.8. The van der Waals surface area contributed by atoms with Gasteiger partial charge >= 0.3 is 0 Å². The Balaban J connectivity index is 2.73. The van der Waals surface area contributed by atoms with Crippen LogP contribution in [0.2, 0.25) is 5.02 Å². The van der Waals surface area contributed by atoms with Crippen LogP contribution in [0.15, 0.2) is 16.6 Å². The van der Waals surface area contributed by atoms with Gasteiger partial charge in [0.15, 0.2) is 0 Å². The minimum Gasteiger partial charge on any atom is -0.252 e. The Hall–Kier alpha value is -0.670. The molecule has 0 aliphatic rings. The van der Waals surface area contributed by atoms with E-state index < -0.39 is 0 Å². The van der Waals surface area contributed by atoms with Crippen molar-refractivity contribution in [1.82, 2.24) is 4.98 Å². The number of nitrogens with zero attached hydrogens (tertiary/aromatic N) is 1. The van der Waals surface area contributed by atoms with E-state index in [0.717, 1.165) is 17.7 Å². The Bertz CT molecular complexity index is 611. The van der Waals surface area contributed by atoms with Gasteiger partial charge < -0.3 is 0 Å². The van der Waals surface area contributed by atoms with Gasteiger partial charge in [-0.25, -0.2) is 4.39 Å². The van der Waals surface area contributed by atoms with E-state index in [1.54, 1.807) is 12.1 Å². The summed E-state index contributed by atoms with van der Waals surface area (Å²) in [6.07, 6.45) is 0.840. The van der Waals surface area contributed by atoms with Crippen LogP contribution in [0.25, 0.3) is 10.9 Å². The van der Waals surface area contributed by atoms with E-state index in [2.05, 4.69) is 34.8 Å². The summed E-state index contributed by atoms with van der Waals surface area (Å²) in [5.41, 5.74) is 2.48. The highest BCUT2D eigenvalue weighted by atomic mass is 79.9. The maximum Gasteiger partial charge on any atom is 0.148 e. The van der Waals surface area contributed by atoms with Gasteiger partial charge in [0.2, 0.25) is 0 Å². The minimum absolute atomic E-state index is 0.343. The molecule has 0 bridgehead atoms. The summed E-state index contributed by atoms with van der Waals surface area (Å²) in [5.74, 6) is 0.149. The van der Waals surface area contributed by atoms with Crippen LogP contribution in [0, 0.1) is 18.7 Å². The molecule has 0 amide bonds. The summed E-state index contributed by atoms with van der Waals surface area (Å²) in [6.45, 7) is 6.15. The molecule has 0 radical (unpaired) electrons. The van der Waals surface area contributed by atoms with Crippen LogP contribution >= 0.6 is 27.5 Å². The van der Waals surface area contributed by atoms with Crippen molar-refractivity contribution < 1.29 is 4.39 Å². The summed E-state index contributed by atoms with van der Waals surface area (Å²) < 4.78 is 14.5. The molecule has 4 heteroatoms. The zero-order valence-electron chi connectivity index (χ0n) is 10.5. The van der Waals surface area contributed by atoms with E-state index in [1.165, 1.54) is 0 Å². The topological polar surface area (TPSA) is 12.9 Å². The van der Waals surface area contributed by atoms with Crippen molar-refractivity contribution in [2.75, 3.05) is 0 Å². The number of fused-ring (bicyclic) bond motifs is 1. The molecule has 0 spiro atoms. The number of benzene rings is 1. The van der Waals surface area contributed by atoms with Gasteiger partial charge in [0.1, 0.15) is 5.82 Å². The third-order valence-electron chi connectivity index (χ3n) is 2.79. The normalized spacial score (nSPS) is 11.5. The van der Waals surface area contributed by atoms with Crippen molar-refractivity contribution >= 4 is 38.4 Å². The van der Waals surface area contributed by atoms with Crippen molar-refractivity contribution in [3.63, 3.8) is 0 Å². The fourth-order valence-electron chi connectivity index (χ4n) is 2.02. The molecule has 0 saturated heterocycles. The number of halogens is 3. The Morgan fingerprint density at radius 3 is 2.67 bits per heavy atom. The number of aromatic nitrogens is 1. The van der Waals surface area contributed by atoms with Crippen molar-refractivity contribution in [3.8, 4) is 0 Å². The number of hydrogen-bond acceptors (Lipinski definition) is 1. The van der Waals surface area contributed by atoms with Crippen molar-refractivity contribution in [3.05, 3.63) is 38.7 Å². The van der Waals surface area contributed by atoms with Crippen LogP contribution in [-0.2, 0) is 6.42 Å². The van der Waals surface area contributed by atoms with Crippen LogP contribution in [0.4, 0.5) is 4.39 Å². The maximum atomic E-state index is 14.1. The summed E-state index contributed by atoms with van der Waals surface area (Å²) in [6, 6.07) is 3.50. The molecular formula is C14H14BrClFN. The molecule has 18 heavy (non-hydrogen) atoms. The van der Waals surface area contributed by atoms with Gasteiger partial charge in [-0.05, 0) is 52.9 Å². The van der Waals surface area contributed by atoms with Gasteiger partial charge in [-0.2, -0.15) is 0 Å². The first-order valence-electron chi connectivity index (χ1n) is 5.84. The molecular weight excluding hydrogens is 317 g/mol. The highest BCUT2D eigenvalue weighted by Crippen LogP contribution is 2.32. The lowest BCUT2D eigenvalue weighted by molar-refractivity contribution is 0.629. The minimum atomic E-state index is -0.343. The van der Waals surface area contributed by atoms with E-state index in [1.807, 2.05) is 6.92 Å². The molecule has 1 aromatic heterocycles. The fourth-order valence-corrected chi connectivity index (χ4v) is 2.86. The molecule has 2 aromatic rings. The predicted molar refractivity (Wildman–Crippen MR) is 77.7 cm³/mol. The number of aryl methyl sites for hydroxylation is 1. The molecule has 0 unspecified atom stereocenters. The maximum absolute atomic E-state index is 14.1. The molecule has 1 nitrogen and oxygen atoms in total. The highest BCUT2D eigenvalue weighted by Gasteiger charge is 2.14. The molecule has 0 fully saturated rings.